The van der Waals surface area contributed by atoms with Crippen LogP contribution in [-0.2, 0) is 4.79 Å². The van der Waals surface area contributed by atoms with E-state index >= 15 is 0 Å². The third-order valence-electron chi connectivity index (χ3n) is 5.54. The zero-order chi connectivity index (χ0) is 23.5. The Balaban J connectivity index is 1.50. The van der Waals surface area contributed by atoms with Crippen molar-refractivity contribution in [2.24, 2.45) is 0 Å². The predicted octanol–water partition coefficient (Wildman–Crippen LogP) is 7.37. The highest BCUT2D eigenvalue weighted by molar-refractivity contribution is 8.27. The van der Waals surface area contributed by atoms with Gasteiger partial charge in [0.1, 0.15) is 0 Å². The van der Waals surface area contributed by atoms with Crippen molar-refractivity contribution in [1.82, 2.24) is 4.90 Å². The van der Waals surface area contributed by atoms with Gasteiger partial charge in [0.05, 0.1) is 21.3 Å². The van der Waals surface area contributed by atoms with Gasteiger partial charge in [-0.1, -0.05) is 115 Å². The Morgan fingerprint density at radius 2 is 1.38 bits per heavy atom. The van der Waals surface area contributed by atoms with Gasteiger partial charge in [-0.2, -0.15) is 0 Å². The fraction of sp³-hybridized carbons (Fsp3) is 0.0714. The van der Waals surface area contributed by atoms with Crippen molar-refractivity contribution in [2.75, 3.05) is 11.4 Å². The molecule has 0 atom stereocenters. The summed E-state index contributed by atoms with van der Waals surface area (Å²) in [6.45, 7) is 2.97. The van der Waals surface area contributed by atoms with Crippen LogP contribution < -0.4 is 4.90 Å². The second kappa shape index (κ2) is 10.1. The van der Waals surface area contributed by atoms with Gasteiger partial charge in [-0.05, 0) is 42.3 Å². The molecule has 3 nitrogen and oxygen atoms in total. The molecular formula is C28H22N2OS3. The van der Waals surface area contributed by atoms with Crippen LogP contribution in [0.2, 0.25) is 0 Å². The first-order chi connectivity index (χ1) is 16.7. The summed E-state index contributed by atoms with van der Waals surface area (Å²) in [7, 11) is 0. The Kier molecular flexibility index (Phi) is 6.72. The molecule has 0 spiro atoms. The highest BCUT2D eigenvalue weighted by Gasteiger charge is 2.33. The summed E-state index contributed by atoms with van der Waals surface area (Å²) in [6.07, 6.45) is 3.95. The van der Waals surface area contributed by atoms with Crippen molar-refractivity contribution in [2.45, 2.75) is 6.92 Å². The molecule has 3 aromatic carbocycles. The number of thioether (sulfide) groups is 2. The summed E-state index contributed by atoms with van der Waals surface area (Å²) < 4.78 is 0.556. The Morgan fingerprint density at radius 1 is 0.794 bits per heavy atom. The second-order valence-electron chi connectivity index (χ2n) is 7.64. The van der Waals surface area contributed by atoms with Gasteiger partial charge < -0.3 is 4.90 Å². The summed E-state index contributed by atoms with van der Waals surface area (Å²) in [5.41, 5.74) is 4.35. The van der Waals surface area contributed by atoms with Crippen molar-refractivity contribution in [3.05, 3.63) is 124 Å². The lowest BCUT2D eigenvalue weighted by atomic mass is 10.1. The molecule has 0 unspecified atom stereocenters. The van der Waals surface area contributed by atoms with Gasteiger partial charge in [-0.3, -0.25) is 9.69 Å². The van der Waals surface area contributed by atoms with E-state index in [0.29, 0.717) is 9.23 Å². The van der Waals surface area contributed by atoms with Crippen LogP contribution >= 0.6 is 35.7 Å². The van der Waals surface area contributed by atoms with E-state index in [1.807, 2.05) is 54.6 Å². The third-order valence-corrected chi connectivity index (χ3v) is 8.06. The number of para-hydroxylation sites is 1. The fourth-order valence-electron chi connectivity index (χ4n) is 3.98. The van der Waals surface area contributed by atoms with E-state index in [1.165, 1.54) is 33.5 Å². The number of carbonyl (C=O) groups excluding carboxylic acids is 1. The van der Waals surface area contributed by atoms with Crippen molar-refractivity contribution in [3.8, 4) is 0 Å². The molecular weight excluding hydrogens is 477 g/mol. The molecule has 0 saturated carbocycles. The number of hydrogen-bond donors (Lipinski definition) is 0. The van der Waals surface area contributed by atoms with E-state index in [0.717, 1.165) is 17.3 Å². The minimum atomic E-state index is -0.0800. The van der Waals surface area contributed by atoms with Gasteiger partial charge in [-0.25, -0.2) is 0 Å². The number of thiocarbonyl (C=S) groups is 1. The summed E-state index contributed by atoms with van der Waals surface area (Å²) >= 11 is 8.60. The Morgan fingerprint density at radius 3 is 2.00 bits per heavy atom. The number of nitrogens with zero attached hydrogens (tertiary/aromatic N) is 2. The largest absolute Gasteiger partial charge is 0.335 e. The molecule has 1 fully saturated rings. The summed E-state index contributed by atoms with van der Waals surface area (Å²) in [4.78, 5) is 18.9. The summed E-state index contributed by atoms with van der Waals surface area (Å²) in [5.74, 6) is -0.0800. The molecule has 34 heavy (non-hydrogen) atoms. The standard InChI is InChI=1S/C28H22N2OS3/c1-2-29-24(19-18-23-27(31)30(28(32)33-23)22-16-10-5-11-17-22)34-26(21-14-8-4-9-15-21)25(29)20-12-6-3-7-13-20/h3-19H,2H2,1H3/b23-18+,24-19+. The molecule has 0 aromatic heterocycles. The first kappa shape index (κ1) is 22.7. The molecule has 0 radical (unpaired) electrons. The van der Waals surface area contributed by atoms with Crippen LogP contribution in [0.3, 0.4) is 0 Å². The Hall–Kier alpha value is -3.06. The number of rotatable bonds is 5. The lowest BCUT2D eigenvalue weighted by molar-refractivity contribution is -0.113. The zero-order valence-corrected chi connectivity index (χ0v) is 21.0. The van der Waals surface area contributed by atoms with Crippen molar-refractivity contribution in [3.63, 3.8) is 0 Å². The van der Waals surface area contributed by atoms with Crippen molar-refractivity contribution >= 4 is 62.3 Å². The molecule has 0 aliphatic carbocycles. The van der Waals surface area contributed by atoms with Gasteiger partial charge in [-0.15, -0.1) is 0 Å². The molecule has 168 valence electrons. The summed E-state index contributed by atoms with van der Waals surface area (Å²) in [5, 5.41) is 1.09. The van der Waals surface area contributed by atoms with Crippen LogP contribution in [0.1, 0.15) is 18.1 Å². The van der Waals surface area contributed by atoms with E-state index in [-0.39, 0.29) is 5.91 Å². The quantitative estimate of drug-likeness (QED) is 0.270. The average Bonchev–Trinajstić information content (AvgIpc) is 3.40. The van der Waals surface area contributed by atoms with Gasteiger partial charge in [0.2, 0.25) is 0 Å². The molecule has 0 N–H and O–H groups in total. The number of amides is 1. The number of anilines is 1. The lowest BCUT2D eigenvalue weighted by Crippen LogP contribution is -2.27. The predicted molar refractivity (Wildman–Crippen MR) is 150 cm³/mol. The van der Waals surface area contributed by atoms with Crippen LogP contribution in [0.15, 0.2) is 113 Å². The van der Waals surface area contributed by atoms with Crippen LogP contribution in [0, 0.1) is 0 Å². The van der Waals surface area contributed by atoms with E-state index in [4.69, 9.17) is 12.2 Å². The SMILES string of the molecule is CCN1C(c2ccccc2)=C(c2ccccc2)S/C1=C/C=C1/SC(=S)N(c2ccccc2)C1=O. The Labute approximate surface area is 213 Å². The number of hydrogen-bond acceptors (Lipinski definition) is 5. The van der Waals surface area contributed by atoms with Gasteiger partial charge in [0.15, 0.2) is 4.32 Å². The van der Waals surface area contributed by atoms with E-state index in [9.17, 15) is 4.79 Å². The van der Waals surface area contributed by atoms with E-state index in [1.54, 1.807) is 16.7 Å². The molecule has 2 heterocycles. The maximum Gasteiger partial charge on any atom is 0.270 e. The summed E-state index contributed by atoms with van der Waals surface area (Å²) in [6, 6.07) is 30.5. The Bertz CT molecular complexity index is 1320. The number of benzene rings is 3. The fourth-order valence-corrected chi connectivity index (χ4v) is 6.47. The topological polar surface area (TPSA) is 23.6 Å². The zero-order valence-electron chi connectivity index (χ0n) is 18.5. The minimum absolute atomic E-state index is 0.0800. The number of allylic oxidation sites excluding steroid dienone is 2. The second-order valence-corrected chi connectivity index (χ2v) is 10.3. The molecule has 2 aliphatic rings. The third kappa shape index (κ3) is 4.37. The van der Waals surface area contributed by atoms with Gasteiger partial charge in [0, 0.05) is 11.4 Å². The molecule has 2 aliphatic heterocycles. The van der Waals surface area contributed by atoms with E-state index < -0.39 is 0 Å². The smallest absolute Gasteiger partial charge is 0.270 e. The molecule has 6 heteroatoms. The number of carbonyl (C=O) groups is 1. The first-order valence-corrected chi connectivity index (χ1v) is 13.1. The molecule has 1 saturated heterocycles. The molecule has 3 aromatic rings. The highest BCUT2D eigenvalue weighted by Crippen LogP contribution is 2.50. The van der Waals surface area contributed by atoms with E-state index in [2.05, 4.69) is 60.4 Å². The minimum Gasteiger partial charge on any atom is -0.335 e. The van der Waals surface area contributed by atoms with Crippen molar-refractivity contribution < 1.29 is 4.79 Å². The average molecular weight is 499 g/mol. The lowest BCUT2D eigenvalue weighted by Gasteiger charge is -2.21. The molecule has 5 rings (SSSR count). The van der Waals surface area contributed by atoms with Crippen LogP contribution in [0.25, 0.3) is 10.6 Å². The monoisotopic (exact) mass is 498 g/mol. The highest BCUT2D eigenvalue weighted by atomic mass is 32.2. The maximum atomic E-state index is 13.1. The normalized spacial score (nSPS) is 18.6. The van der Waals surface area contributed by atoms with Crippen LogP contribution in [-0.4, -0.2) is 21.7 Å². The molecule has 1 amide bonds. The molecule has 0 bridgehead atoms. The van der Waals surface area contributed by atoms with Crippen LogP contribution in [0.5, 0.6) is 0 Å². The van der Waals surface area contributed by atoms with Crippen LogP contribution in [0.4, 0.5) is 5.69 Å². The van der Waals surface area contributed by atoms with Crippen molar-refractivity contribution in [1.29, 1.82) is 0 Å². The first-order valence-electron chi connectivity index (χ1n) is 11.0. The van der Waals surface area contributed by atoms with Gasteiger partial charge >= 0.3 is 0 Å². The van der Waals surface area contributed by atoms with Gasteiger partial charge in [0.25, 0.3) is 5.91 Å². The maximum absolute atomic E-state index is 13.1.